The number of amides is 10. The van der Waals surface area contributed by atoms with Crippen molar-refractivity contribution >= 4 is 136 Å². The molecule has 0 saturated carbocycles. The molecule has 2 aliphatic carbocycles. The second-order valence-electron chi connectivity index (χ2n) is 35.7. The molecule has 1 aliphatic heterocycles. The van der Waals surface area contributed by atoms with Crippen LogP contribution in [0, 0.1) is 55.1 Å². The maximum Gasteiger partial charge on any atom is 0.243 e. The van der Waals surface area contributed by atoms with Crippen LogP contribution in [-0.4, -0.2) is 306 Å². The number of carbonyl (C=O) groups excluding carboxylic acids is 15. The summed E-state index contributed by atoms with van der Waals surface area (Å²) in [7, 11) is 1.25. The highest BCUT2D eigenvalue weighted by atomic mass is 16.7. The van der Waals surface area contributed by atoms with Crippen LogP contribution in [0.5, 0.6) is 17.2 Å². The number of aliphatic hydroxyl groups excluding tert-OH is 2. The molecule has 0 aromatic heterocycles. The summed E-state index contributed by atoms with van der Waals surface area (Å²) in [5.41, 5.74) is 45.1. The highest BCUT2D eigenvalue weighted by molar-refractivity contribution is 6.31. The molecule has 2 aromatic carbocycles. The maximum absolute atomic E-state index is 15.3. The van der Waals surface area contributed by atoms with Gasteiger partial charge in [0.2, 0.25) is 64.9 Å². The van der Waals surface area contributed by atoms with E-state index >= 15 is 14.4 Å². The summed E-state index contributed by atoms with van der Waals surface area (Å²) in [6.07, 6.45) is -10.3. The number of rotatable bonds is 66. The number of carbonyl (C=O) groups is 15. The molecule has 3 aliphatic rings. The Morgan fingerprint density at radius 1 is 0.445 bits per heavy atom. The van der Waals surface area contributed by atoms with Gasteiger partial charge in [0.05, 0.1) is 42.1 Å². The van der Waals surface area contributed by atoms with Crippen molar-refractivity contribution in [3.05, 3.63) is 51.6 Å². The van der Waals surface area contributed by atoms with Crippen LogP contribution >= 0.6 is 0 Å². The minimum atomic E-state index is -2.51. The fraction of sp³-hybridized carbons (Fsp3) is 0.607. The van der Waals surface area contributed by atoms with Gasteiger partial charge in [-0.05, 0) is 141 Å². The Balaban J connectivity index is 1.45. The van der Waals surface area contributed by atoms with E-state index in [1.807, 2.05) is 0 Å². The fourth-order valence-electron chi connectivity index (χ4n) is 16.8. The monoisotopic (exact) mass is 2060 g/mol. The van der Waals surface area contributed by atoms with Gasteiger partial charge in [0.15, 0.2) is 65.5 Å². The standard InChI is InChI=1S/C89H146N34O23/c1-43-67(129)46(39-62(145-43)146-60-41-89(143,61(128)42-124)40-50-64(60)71(133)66-65(69(50)131)68(130)49-16-6-25-59(144-3)63(49)70(66)132)38-48(127)27-26-47(126)37-45(15-7-29-108-81(91)92)73(135)118-52(19-9-31-110-83(95)96)74(136)107-28-5-4-17-54(119-78(140)56(22-12-34-113-86(101)102)120-75(137)53(116-44(2)125)20-10-32-111-84(97)98)77(139)122-57(23-13-35-114-87(103)104)80(142)123-58(24-14-36-115-88(105)106)79(141)121-55(21-11-33-112-85(99)100)76(138)117-51(72(90)134)18-8-30-109-82(93)94/h6,16,25,43,45-46,51-58,60,62,67,124,129,131,133,143H,4-5,7-15,17-24,26-42H2,1-3H3,(H2,90,134)(H,107,136)(H,116,125)(H,117,138)(H,118,135)(H,119,140)(H,120,137)(H,121,141)(H,122,139)(H,123,142)(H4,91,92,108)(H4,93,94,109)(H4,95,96,110)(H4,97,98,111)(H4,99,100,112)(H4,101,102,113)(H4,103,104,114)(H4,105,106,115)/t43?,45-,46?,51+,52+,53?,54?,55+,56?,57+,58+,60+,62?,67?,89-/m1/s1. The molecular weight excluding hydrogens is 1910 g/mol. The largest absolute Gasteiger partial charge is 0.507 e. The summed E-state index contributed by atoms with van der Waals surface area (Å²) in [4.78, 5) is 213. The zero-order valence-electron chi connectivity index (χ0n) is 82.1. The lowest BCUT2D eigenvalue weighted by molar-refractivity contribution is -0.257. The highest BCUT2D eigenvalue weighted by Crippen LogP contribution is 2.53. The number of phenols is 2. The van der Waals surface area contributed by atoms with Crippen molar-refractivity contribution in [1.29, 1.82) is 43.3 Å². The number of Topliss-reactive ketones (excluding diaryl/α,β-unsaturated/α-hetero) is 3. The fourth-order valence-corrected chi connectivity index (χ4v) is 16.8. The molecule has 0 bridgehead atoms. The number of hydrogen-bond acceptors (Lipinski definition) is 31. The Morgan fingerprint density at radius 2 is 0.795 bits per heavy atom. The smallest absolute Gasteiger partial charge is 0.243 e. The lowest BCUT2D eigenvalue weighted by Gasteiger charge is -2.42. The summed E-state index contributed by atoms with van der Waals surface area (Å²) in [6, 6.07) is -7.88. The van der Waals surface area contributed by atoms with E-state index in [0.29, 0.717) is 0 Å². The number of nitrogens with two attached hydrogens (primary N) is 9. The van der Waals surface area contributed by atoms with E-state index < -0.39 is 282 Å². The van der Waals surface area contributed by atoms with Crippen LogP contribution < -0.4 is 147 Å². The minimum Gasteiger partial charge on any atom is -0.507 e. The number of aliphatic hydroxyl groups is 3. The molecule has 57 nitrogen and oxygen atoms in total. The van der Waals surface area contributed by atoms with Gasteiger partial charge in [-0.15, -0.1) is 0 Å². The second-order valence-corrected chi connectivity index (χ2v) is 35.7. The van der Waals surface area contributed by atoms with Gasteiger partial charge in [-0.1, -0.05) is 12.1 Å². The van der Waals surface area contributed by atoms with Gasteiger partial charge in [0, 0.05) is 133 Å². The van der Waals surface area contributed by atoms with Crippen LogP contribution in [0.15, 0.2) is 18.2 Å². The Hall–Kier alpha value is -15.1. The van der Waals surface area contributed by atoms with E-state index in [-0.39, 0.29) is 227 Å². The number of fused-ring (bicyclic) bond motifs is 3. The number of phenolic OH excluding ortho intramolecular Hbond substituents is 2. The van der Waals surface area contributed by atoms with Gasteiger partial charge in [0.25, 0.3) is 0 Å². The number of benzene rings is 2. The molecule has 1 saturated heterocycles. The highest BCUT2D eigenvalue weighted by Gasteiger charge is 2.51. The second kappa shape index (κ2) is 61.1. The summed E-state index contributed by atoms with van der Waals surface area (Å²) in [6.45, 7) is 1.23. The van der Waals surface area contributed by atoms with Crippen molar-refractivity contribution < 1.29 is 112 Å². The lowest BCUT2D eigenvalue weighted by atomic mass is 9.72. The molecule has 1 fully saturated rings. The van der Waals surface area contributed by atoms with Crippen molar-refractivity contribution in [3.63, 3.8) is 0 Å². The molecule has 0 radical (unpaired) electrons. The summed E-state index contributed by atoms with van der Waals surface area (Å²) >= 11 is 0. The first kappa shape index (κ1) is 121. The Morgan fingerprint density at radius 3 is 1.18 bits per heavy atom. The van der Waals surface area contributed by atoms with E-state index in [9.17, 15) is 83.1 Å². The third-order valence-corrected chi connectivity index (χ3v) is 24.2. The average molecular weight is 2060 g/mol. The van der Waals surface area contributed by atoms with Crippen LogP contribution in [0.2, 0.25) is 0 Å². The van der Waals surface area contributed by atoms with Crippen LogP contribution in [0.3, 0.4) is 0 Å². The summed E-state index contributed by atoms with van der Waals surface area (Å²) < 4.78 is 17.8. The molecule has 48 N–H and O–H groups in total. The third kappa shape index (κ3) is 40.6. The van der Waals surface area contributed by atoms with E-state index in [1.54, 1.807) is 0 Å². The van der Waals surface area contributed by atoms with Crippen LogP contribution in [0.4, 0.5) is 0 Å². The predicted octanol–water partition coefficient (Wildman–Crippen LogP) is -8.62. The molecule has 810 valence electrons. The average Bonchev–Trinajstić information content (AvgIpc) is 0.708. The Kier molecular flexibility index (Phi) is 50.8. The Labute approximate surface area is 841 Å². The number of hydrogen-bond donors (Lipinski definition) is 39. The number of unbranched alkanes of at least 4 members (excludes halogenated alkanes) is 1. The quantitative estimate of drug-likeness (QED) is 0.0108. The van der Waals surface area contributed by atoms with E-state index in [2.05, 4.69) is 90.4 Å². The van der Waals surface area contributed by atoms with Crippen molar-refractivity contribution in [1.82, 2.24) is 90.4 Å². The van der Waals surface area contributed by atoms with Gasteiger partial charge in [-0.3, -0.25) is 115 Å². The van der Waals surface area contributed by atoms with Gasteiger partial charge in [0.1, 0.15) is 89.4 Å². The van der Waals surface area contributed by atoms with Crippen LogP contribution in [0.1, 0.15) is 223 Å². The topological polar surface area (TPSA) is 1010 Å². The van der Waals surface area contributed by atoms with E-state index in [0.717, 1.165) is 6.92 Å². The van der Waals surface area contributed by atoms with E-state index in [1.165, 1.54) is 32.2 Å². The molecule has 5 rings (SSSR count). The van der Waals surface area contributed by atoms with E-state index in [4.69, 9.17) is 109 Å². The SMILES string of the molecule is COc1cccc2c1C(=O)c1c(O)c3c(c(O)c1C2=O)C[C@](O)(C(=O)CO)C[C@@H]3OC1CC(CC(=O)CCC(=O)C[C@@H](CCCNC(=N)N)C(=O)N[C@@H](CCCNC(=N)N)C(=O)NCCCCC(NC(=O)C(CCCNC(=N)N)NC(=O)C(CCCNC(=N)N)NC(C)=O)C(=O)N[C@@H](CCCNC(=N)N)C(=O)N[C@@H](CCCNC(=N)N)C(=O)N[C@@H](CCCNC(=N)N)C(=O)N[C@@H](CCCNC(=N)N)C(N)=O)C(O)C(C)O1. The molecule has 15 atom stereocenters. The molecule has 7 unspecified atom stereocenters. The molecule has 1 heterocycles. The molecular formula is C89H146N34O23. The molecule has 57 heteroatoms. The number of ketones is 5. The first-order valence-electron chi connectivity index (χ1n) is 47.9. The minimum absolute atomic E-state index is 0.00391. The third-order valence-electron chi connectivity index (χ3n) is 24.2. The van der Waals surface area contributed by atoms with Crippen molar-refractivity contribution in [2.24, 2.45) is 63.4 Å². The van der Waals surface area contributed by atoms with Crippen molar-refractivity contribution in [2.75, 3.05) is 72.6 Å². The number of aromatic hydroxyl groups is 2. The molecule has 0 spiro atoms. The first-order chi connectivity index (χ1) is 69.0. The van der Waals surface area contributed by atoms with Gasteiger partial charge in [-0.25, -0.2) is 0 Å². The number of primary amides is 1. The zero-order chi connectivity index (χ0) is 109. The Bertz CT molecular complexity index is 5010. The summed E-state index contributed by atoms with van der Waals surface area (Å²) in [5, 5.41) is 163. The molecule has 146 heavy (non-hydrogen) atoms. The number of ether oxygens (including phenoxy) is 3. The van der Waals surface area contributed by atoms with Crippen molar-refractivity contribution in [3.8, 4) is 17.2 Å². The van der Waals surface area contributed by atoms with Crippen molar-refractivity contribution in [2.45, 2.75) is 259 Å². The van der Waals surface area contributed by atoms with Gasteiger partial charge < -0.3 is 182 Å². The molecule has 10 amide bonds. The number of guanidine groups is 8. The zero-order valence-corrected chi connectivity index (χ0v) is 82.1. The number of nitrogens with one attached hydrogen (secondary N) is 25. The predicted molar refractivity (Wildman–Crippen MR) is 530 cm³/mol. The first-order valence-corrected chi connectivity index (χ1v) is 47.9. The molecule has 2 aromatic rings. The van der Waals surface area contributed by atoms with Crippen LogP contribution in [-0.2, 0) is 78.2 Å². The van der Waals surface area contributed by atoms with Gasteiger partial charge in [-0.2, -0.15) is 0 Å². The summed E-state index contributed by atoms with van der Waals surface area (Å²) in [5.74, 6) is -20.7. The number of methoxy groups -OCH3 is 1. The van der Waals surface area contributed by atoms with Crippen LogP contribution in [0.25, 0.3) is 0 Å². The maximum atomic E-state index is 15.3. The van der Waals surface area contributed by atoms with Gasteiger partial charge >= 0.3 is 0 Å². The normalized spacial score (nSPS) is 17.7. The lowest BCUT2D eigenvalue weighted by Crippen LogP contribution is -2.60.